The van der Waals surface area contributed by atoms with E-state index in [9.17, 15) is 0 Å². The van der Waals surface area contributed by atoms with Crippen molar-refractivity contribution < 1.29 is 0 Å². The van der Waals surface area contributed by atoms with Crippen LogP contribution in [0.4, 0.5) is 0 Å². The number of hydrogen-bond acceptors (Lipinski definition) is 4. The molecule has 2 rings (SSSR count). The Bertz CT molecular complexity index is 344. The summed E-state index contributed by atoms with van der Waals surface area (Å²) in [5.41, 5.74) is 0. The zero-order chi connectivity index (χ0) is 13.7. The molecule has 1 aliphatic rings. The summed E-state index contributed by atoms with van der Waals surface area (Å²) in [5, 5.41) is 7.11. The van der Waals surface area contributed by atoms with Crippen LogP contribution in [0, 0.1) is 5.92 Å². The third-order valence-corrected chi connectivity index (χ3v) is 5.30. The van der Waals surface area contributed by atoms with Crippen LogP contribution in [-0.2, 0) is 0 Å². The molecule has 1 aromatic heterocycles. The molecule has 108 valence electrons. The lowest BCUT2D eigenvalue weighted by molar-refractivity contribution is 0.164. The fraction of sp³-hybridized carbons (Fsp3) is 0.800. The summed E-state index contributed by atoms with van der Waals surface area (Å²) >= 11 is 1.77. The molecule has 19 heavy (non-hydrogen) atoms. The highest BCUT2D eigenvalue weighted by Gasteiger charge is 2.25. The Morgan fingerprint density at radius 1 is 1.42 bits per heavy atom. The molecule has 3 nitrogen and oxygen atoms in total. The molecular weight excluding hydrogens is 254 g/mol. The molecule has 0 saturated carbocycles. The van der Waals surface area contributed by atoms with Crippen molar-refractivity contribution in [2.75, 3.05) is 19.6 Å². The van der Waals surface area contributed by atoms with Gasteiger partial charge >= 0.3 is 0 Å². The lowest BCUT2D eigenvalue weighted by Gasteiger charge is -2.35. The van der Waals surface area contributed by atoms with Crippen molar-refractivity contribution in [3.63, 3.8) is 0 Å². The Morgan fingerprint density at radius 2 is 2.16 bits per heavy atom. The quantitative estimate of drug-likeness (QED) is 0.867. The Kier molecular flexibility index (Phi) is 5.79. The molecule has 2 atom stereocenters. The van der Waals surface area contributed by atoms with Crippen LogP contribution in [-0.4, -0.2) is 35.6 Å². The predicted octanol–water partition coefficient (Wildman–Crippen LogP) is 3.30. The van der Waals surface area contributed by atoms with Crippen molar-refractivity contribution in [3.05, 3.63) is 16.6 Å². The second-order valence-corrected chi connectivity index (χ2v) is 6.48. The number of piperidine rings is 1. The average molecular weight is 281 g/mol. The number of nitrogens with zero attached hydrogens (tertiary/aromatic N) is 2. The molecule has 1 N–H and O–H groups in total. The van der Waals surface area contributed by atoms with E-state index in [2.05, 4.69) is 41.4 Å². The van der Waals surface area contributed by atoms with Gasteiger partial charge in [0.15, 0.2) is 0 Å². The normalized spacial score (nSPS) is 21.4. The van der Waals surface area contributed by atoms with E-state index in [1.165, 1.54) is 37.5 Å². The van der Waals surface area contributed by atoms with Gasteiger partial charge in [-0.2, -0.15) is 0 Å². The molecule has 1 aromatic rings. The number of hydrogen-bond donors (Lipinski definition) is 1. The molecule has 0 amide bonds. The summed E-state index contributed by atoms with van der Waals surface area (Å²) in [7, 11) is 0. The highest BCUT2D eigenvalue weighted by molar-refractivity contribution is 7.09. The maximum Gasteiger partial charge on any atom is 0.109 e. The summed E-state index contributed by atoms with van der Waals surface area (Å²) in [6.45, 7) is 10.6. The van der Waals surface area contributed by atoms with E-state index in [1.54, 1.807) is 11.3 Å². The van der Waals surface area contributed by atoms with E-state index in [-0.39, 0.29) is 0 Å². The van der Waals surface area contributed by atoms with Crippen molar-refractivity contribution in [1.82, 2.24) is 15.2 Å². The summed E-state index contributed by atoms with van der Waals surface area (Å²) in [5.74, 6) is 0.816. The first-order valence-electron chi connectivity index (χ1n) is 7.62. The van der Waals surface area contributed by atoms with Crippen LogP contribution >= 0.6 is 11.3 Å². The van der Waals surface area contributed by atoms with Gasteiger partial charge in [-0.15, -0.1) is 11.3 Å². The van der Waals surface area contributed by atoms with E-state index in [4.69, 9.17) is 0 Å². The van der Waals surface area contributed by atoms with Crippen LogP contribution in [0.15, 0.2) is 11.6 Å². The van der Waals surface area contributed by atoms with Crippen LogP contribution < -0.4 is 5.32 Å². The Labute approximate surface area is 121 Å². The molecule has 1 saturated heterocycles. The molecule has 0 aromatic carbocycles. The molecule has 0 spiro atoms. The Balaban J connectivity index is 1.85. The van der Waals surface area contributed by atoms with Crippen molar-refractivity contribution >= 4 is 11.3 Å². The summed E-state index contributed by atoms with van der Waals surface area (Å²) < 4.78 is 0. The maximum absolute atomic E-state index is 4.46. The Hall–Kier alpha value is -0.450. The third kappa shape index (κ3) is 4.01. The monoisotopic (exact) mass is 281 g/mol. The van der Waals surface area contributed by atoms with Gasteiger partial charge in [-0.3, -0.25) is 0 Å². The van der Waals surface area contributed by atoms with E-state index in [0.29, 0.717) is 12.1 Å². The summed E-state index contributed by atoms with van der Waals surface area (Å²) in [4.78, 5) is 7.02. The number of rotatable bonds is 6. The maximum atomic E-state index is 4.46. The highest BCUT2D eigenvalue weighted by atomic mass is 32.1. The first-order valence-corrected chi connectivity index (χ1v) is 8.50. The van der Waals surface area contributed by atoms with Crippen LogP contribution in [0.5, 0.6) is 0 Å². The van der Waals surface area contributed by atoms with Gasteiger partial charge in [-0.25, -0.2) is 4.98 Å². The molecule has 0 aliphatic carbocycles. The van der Waals surface area contributed by atoms with Gasteiger partial charge in [0.25, 0.3) is 0 Å². The molecule has 0 radical (unpaired) electrons. The summed E-state index contributed by atoms with van der Waals surface area (Å²) in [6.07, 6.45) is 5.69. The van der Waals surface area contributed by atoms with Crippen molar-refractivity contribution in [3.8, 4) is 0 Å². The van der Waals surface area contributed by atoms with Crippen LogP contribution in [0.25, 0.3) is 0 Å². The molecule has 0 bridgehead atoms. The smallest absolute Gasteiger partial charge is 0.109 e. The Morgan fingerprint density at radius 3 is 2.68 bits per heavy atom. The average Bonchev–Trinajstić information content (AvgIpc) is 2.98. The number of aromatic nitrogens is 1. The standard InChI is InChI=1S/C15H27N3S/c1-4-14(15-16-8-11-19-15)17-12(3)13-6-9-18(5-2)10-7-13/h8,11-14,17H,4-7,9-10H2,1-3H3. The minimum absolute atomic E-state index is 0.430. The first-order chi connectivity index (χ1) is 9.24. The van der Waals surface area contributed by atoms with Crippen LogP contribution in [0.3, 0.4) is 0 Å². The van der Waals surface area contributed by atoms with Crippen molar-refractivity contribution in [1.29, 1.82) is 0 Å². The number of likely N-dealkylation sites (tertiary alicyclic amines) is 1. The van der Waals surface area contributed by atoms with Gasteiger partial charge in [-0.05, 0) is 51.7 Å². The molecule has 2 heterocycles. The van der Waals surface area contributed by atoms with Crippen LogP contribution in [0.1, 0.15) is 51.1 Å². The summed E-state index contributed by atoms with van der Waals surface area (Å²) in [6, 6.07) is 1.02. The topological polar surface area (TPSA) is 28.2 Å². The van der Waals surface area contributed by atoms with Crippen molar-refractivity contribution in [2.45, 2.75) is 52.1 Å². The molecular formula is C15H27N3S. The minimum atomic E-state index is 0.430. The van der Waals surface area contributed by atoms with Gasteiger partial charge in [0.2, 0.25) is 0 Å². The van der Waals surface area contributed by atoms with E-state index in [0.717, 1.165) is 12.3 Å². The van der Waals surface area contributed by atoms with E-state index >= 15 is 0 Å². The zero-order valence-electron chi connectivity index (χ0n) is 12.4. The van der Waals surface area contributed by atoms with Gasteiger partial charge in [0, 0.05) is 17.6 Å². The lowest BCUT2D eigenvalue weighted by Crippen LogP contribution is -2.42. The van der Waals surface area contributed by atoms with Gasteiger partial charge < -0.3 is 10.2 Å². The minimum Gasteiger partial charge on any atom is -0.305 e. The van der Waals surface area contributed by atoms with Gasteiger partial charge in [0.1, 0.15) is 5.01 Å². The lowest BCUT2D eigenvalue weighted by atomic mass is 9.90. The van der Waals surface area contributed by atoms with Gasteiger partial charge in [-0.1, -0.05) is 13.8 Å². The number of thiazole rings is 1. The first kappa shape index (κ1) is 14.9. The largest absolute Gasteiger partial charge is 0.305 e. The zero-order valence-corrected chi connectivity index (χ0v) is 13.2. The fourth-order valence-corrected chi connectivity index (χ4v) is 3.77. The second kappa shape index (κ2) is 7.36. The number of nitrogens with one attached hydrogen (secondary N) is 1. The van der Waals surface area contributed by atoms with Crippen LogP contribution in [0.2, 0.25) is 0 Å². The second-order valence-electron chi connectivity index (χ2n) is 5.56. The molecule has 4 heteroatoms. The highest BCUT2D eigenvalue weighted by Crippen LogP contribution is 2.25. The SMILES string of the molecule is CCC(NC(C)C1CCN(CC)CC1)c1nccs1. The fourth-order valence-electron chi connectivity index (χ4n) is 2.99. The molecule has 1 aliphatic heterocycles. The van der Waals surface area contributed by atoms with Gasteiger partial charge in [0.05, 0.1) is 6.04 Å². The third-order valence-electron chi connectivity index (χ3n) is 4.41. The van der Waals surface area contributed by atoms with E-state index < -0.39 is 0 Å². The van der Waals surface area contributed by atoms with E-state index in [1.807, 2.05) is 6.20 Å². The molecule has 1 fully saturated rings. The molecule has 2 unspecified atom stereocenters. The van der Waals surface area contributed by atoms with Crippen molar-refractivity contribution in [2.24, 2.45) is 5.92 Å². The predicted molar refractivity (Wildman–Crippen MR) is 82.6 cm³/mol.